The third-order valence-electron chi connectivity index (χ3n) is 3.78. The fourth-order valence-electron chi connectivity index (χ4n) is 2.54. The molecule has 0 saturated carbocycles. The van der Waals surface area contributed by atoms with Crippen LogP contribution >= 0.6 is 15.9 Å². The first-order valence-corrected chi connectivity index (χ1v) is 10.5. The summed E-state index contributed by atoms with van der Waals surface area (Å²) < 4.78 is 46.2. The number of aryl methyl sites for hydroxylation is 1. The van der Waals surface area contributed by atoms with Crippen molar-refractivity contribution in [3.05, 3.63) is 29.8 Å². The maximum Gasteiger partial charge on any atom is 0.302 e. The average Bonchev–Trinajstić information content (AvgIpc) is 2.56. The van der Waals surface area contributed by atoms with Crippen molar-refractivity contribution in [1.82, 2.24) is 0 Å². The van der Waals surface area contributed by atoms with E-state index in [-0.39, 0.29) is 17.9 Å². The van der Waals surface area contributed by atoms with E-state index in [1.807, 2.05) is 6.92 Å². The molecule has 1 aliphatic rings. The topological polar surface area (TPSA) is 105 Å². The van der Waals surface area contributed by atoms with Gasteiger partial charge < -0.3 is 14.2 Å². The van der Waals surface area contributed by atoms with Crippen molar-refractivity contribution in [2.45, 2.75) is 55.4 Å². The van der Waals surface area contributed by atoms with Crippen LogP contribution < -0.4 is 0 Å². The maximum atomic E-state index is 12.6. The van der Waals surface area contributed by atoms with Crippen LogP contribution in [-0.2, 0) is 38.1 Å². The highest BCUT2D eigenvalue weighted by Crippen LogP contribution is 2.31. The minimum Gasteiger partial charge on any atom is -0.463 e. The second kappa shape index (κ2) is 9.13. The molecule has 1 fully saturated rings. The fourth-order valence-corrected chi connectivity index (χ4v) is 4.53. The molecule has 150 valence electrons. The van der Waals surface area contributed by atoms with Crippen LogP contribution in [0, 0.1) is 6.92 Å². The third kappa shape index (κ3) is 6.27. The summed E-state index contributed by atoms with van der Waals surface area (Å²) in [5, 5.41) is -0.892. The molecule has 27 heavy (non-hydrogen) atoms. The summed E-state index contributed by atoms with van der Waals surface area (Å²) in [6, 6.07) is 6.17. The molecule has 0 spiro atoms. The average molecular weight is 465 g/mol. The summed E-state index contributed by atoms with van der Waals surface area (Å²) in [4.78, 5) is 22.4. The van der Waals surface area contributed by atoms with Crippen molar-refractivity contribution >= 4 is 38.0 Å². The normalized spacial score (nSPS) is 25.6. The molecule has 1 aromatic carbocycles. The molecule has 0 radical (unpaired) electrons. The Kier molecular flexibility index (Phi) is 7.38. The Bertz CT molecular complexity index is 777. The molecular formula is C17H21BrO8S. The highest BCUT2D eigenvalue weighted by molar-refractivity contribution is 9.09. The Balaban J connectivity index is 2.18. The summed E-state index contributed by atoms with van der Waals surface area (Å²) >= 11 is 3.23. The van der Waals surface area contributed by atoms with Crippen LogP contribution in [0.5, 0.6) is 0 Å². The summed E-state index contributed by atoms with van der Waals surface area (Å²) in [7, 11) is -4.11. The van der Waals surface area contributed by atoms with Crippen LogP contribution in [0.1, 0.15) is 25.8 Å². The molecule has 1 heterocycles. The van der Waals surface area contributed by atoms with Gasteiger partial charge in [-0.05, 0) is 19.1 Å². The molecule has 0 N–H and O–H groups in total. The summed E-state index contributed by atoms with van der Waals surface area (Å²) in [5.74, 6) is -1.07. The van der Waals surface area contributed by atoms with Crippen LogP contribution in [0.25, 0.3) is 0 Å². The van der Waals surface area contributed by atoms with Gasteiger partial charge in [-0.3, -0.25) is 13.8 Å². The van der Waals surface area contributed by atoms with Crippen molar-refractivity contribution in [2.75, 3.05) is 6.61 Å². The number of rotatable bonds is 6. The number of carbonyl (C=O) groups is 2. The lowest BCUT2D eigenvalue weighted by molar-refractivity contribution is -0.178. The zero-order chi connectivity index (χ0) is 20.2. The predicted molar refractivity (Wildman–Crippen MR) is 97.6 cm³/mol. The van der Waals surface area contributed by atoms with Crippen LogP contribution in [0.15, 0.2) is 29.2 Å². The number of carbonyl (C=O) groups excluding carboxylic acids is 2. The van der Waals surface area contributed by atoms with Crippen LogP contribution in [0.4, 0.5) is 0 Å². The zero-order valence-corrected chi connectivity index (χ0v) is 17.5. The molecule has 2 rings (SSSR count). The highest BCUT2D eigenvalue weighted by atomic mass is 79.9. The Morgan fingerprint density at radius 1 is 1.19 bits per heavy atom. The number of halogens is 1. The first-order chi connectivity index (χ1) is 12.6. The zero-order valence-electron chi connectivity index (χ0n) is 15.1. The smallest absolute Gasteiger partial charge is 0.302 e. The predicted octanol–water partition coefficient (Wildman–Crippen LogP) is 2.07. The van der Waals surface area contributed by atoms with E-state index < -0.39 is 45.4 Å². The van der Waals surface area contributed by atoms with Crippen molar-refractivity contribution in [3.63, 3.8) is 0 Å². The number of hydrogen-bond donors (Lipinski definition) is 0. The summed E-state index contributed by atoms with van der Waals surface area (Å²) in [6.45, 7) is 4.26. The maximum absolute atomic E-state index is 12.6. The van der Waals surface area contributed by atoms with E-state index in [4.69, 9.17) is 18.4 Å². The van der Waals surface area contributed by atoms with Gasteiger partial charge in [0.1, 0.15) is 17.7 Å². The van der Waals surface area contributed by atoms with Gasteiger partial charge in [-0.15, -0.1) is 0 Å². The van der Waals surface area contributed by atoms with Crippen molar-refractivity contribution in [1.29, 1.82) is 0 Å². The van der Waals surface area contributed by atoms with E-state index in [2.05, 4.69) is 15.9 Å². The summed E-state index contributed by atoms with van der Waals surface area (Å²) in [6.07, 6.45) is -2.47. The van der Waals surface area contributed by atoms with E-state index in [0.717, 1.165) is 5.56 Å². The van der Waals surface area contributed by atoms with E-state index in [0.29, 0.717) is 0 Å². The van der Waals surface area contributed by atoms with Gasteiger partial charge in [-0.25, -0.2) is 0 Å². The first-order valence-electron chi connectivity index (χ1n) is 8.18. The molecule has 4 atom stereocenters. The molecule has 0 aliphatic carbocycles. The minimum absolute atomic E-state index is 0.0172. The molecule has 0 amide bonds. The minimum atomic E-state index is -4.11. The number of ether oxygens (including phenoxy) is 3. The van der Waals surface area contributed by atoms with Gasteiger partial charge in [0.05, 0.1) is 11.0 Å². The molecule has 0 aromatic heterocycles. The lowest BCUT2D eigenvalue weighted by Crippen LogP contribution is -2.50. The van der Waals surface area contributed by atoms with E-state index in [1.54, 1.807) is 12.1 Å². The van der Waals surface area contributed by atoms with Crippen LogP contribution in [0.3, 0.4) is 0 Å². The molecule has 8 nitrogen and oxygen atoms in total. The molecule has 0 bridgehead atoms. The van der Waals surface area contributed by atoms with E-state index in [1.165, 1.54) is 26.0 Å². The second-order valence-electron chi connectivity index (χ2n) is 6.12. The van der Waals surface area contributed by atoms with Gasteiger partial charge in [-0.2, -0.15) is 8.42 Å². The van der Waals surface area contributed by atoms with E-state index >= 15 is 0 Å². The Morgan fingerprint density at radius 2 is 1.81 bits per heavy atom. The molecule has 1 aromatic rings. The molecule has 0 unspecified atom stereocenters. The number of hydrogen-bond acceptors (Lipinski definition) is 8. The van der Waals surface area contributed by atoms with Crippen LogP contribution in [-0.4, -0.2) is 50.3 Å². The van der Waals surface area contributed by atoms with Gasteiger partial charge in [0, 0.05) is 20.3 Å². The van der Waals surface area contributed by atoms with Crippen molar-refractivity contribution in [2.24, 2.45) is 0 Å². The Labute approximate surface area is 166 Å². The Morgan fingerprint density at radius 3 is 2.37 bits per heavy atom. The molecule has 1 saturated heterocycles. The second-order valence-corrected chi connectivity index (χ2v) is 8.60. The quantitative estimate of drug-likeness (QED) is 0.357. The standard InChI is InChI=1S/C17H21BrO8S/c1-10-4-6-14(7-5-10)27(21,22)26-16-15(24-12(3)20)8-13(25-17(16)18)9-23-11(2)19/h4-7,13,15-17H,8-9H2,1-3H3/t13-,15-,16+,17-/m0/s1. The monoisotopic (exact) mass is 464 g/mol. The largest absolute Gasteiger partial charge is 0.463 e. The Hall–Kier alpha value is -1.49. The third-order valence-corrected chi connectivity index (χ3v) is 5.84. The molecule has 1 aliphatic heterocycles. The van der Waals surface area contributed by atoms with Gasteiger partial charge in [0.25, 0.3) is 10.1 Å². The first kappa shape index (κ1) is 21.8. The molecule has 10 heteroatoms. The van der Waals surface area contributed by atoms with Crippen molar-refractivity contribution < 1.29 is 36.4 Å². The molecular weight excluding hydrogens is 444 g/mol. The SMILES string of the molecule is CC(=O)OC[C@@H]1C[C@H](OC(C)=O)[C@@H](OS(=O)(=O)c2ccc(C)cc2)[C@@H](Br)O1. The lowest BCUT2D eigenvalue weighted by atomic mass is 10.0. The fraction of sp³-hybridized carbons (Fsp3) is 0.529. The van der Waals surface area contributed by atoms with Gasteiger partial charge in [-0.1, -0.05) is 33.6 Å². The van der Waals surface area contributed by atoms with Crippen molar-refractivity contribution in [3.8, 4) is 0 Å². The highest BCUT2D eigenvalue weighted by Gasteiger charge is 2.43. The van der Waals surface area contributed by atoms with Crippen LogP contribution in [0.2, 0.25) is 0 Å². The lowest BCUT2D eigenvalue weighted by Gasteiger charge is -2.37. The number of benzene rings is 1. The number of esters is 2. The van der Waals surface area contributed by atoms with Gasteiger partial charge in [0.15, 0.2) is 6.10 Å². The number of alkyl halides is 1. The van der Waals surface area contributed by atoms with Gasteiger partial charge in [0.2, 0.25) is 0 Å². The summed E-state index contributed by atoms with van der Waals surface area (Å²) in [5.41, 5.74) is 0.902. The van der Waals surface area contributed by atoms with E-state index in [9.17, 15) is 18.0 Å². The van der Waals surface area contributed by atoms with Gasteiger partial charge >= 0.3 is 11.9 Å².